The van der Waals surface area contributed by atoms with Crippen LogP contribution in [-0.4, -0.2) is 83.9 Å². The number of anilines is 1. The summed E-state index contributed by atoms with van der Waals surface area (Å²) in [6, 6.07) is 8.19. The fourth-order valence-electron chi connectivity index (χ4n) is 4.33. The van der Waals surface area contributed by atoms with E-state index in [9.17, 15) is 19.7 Å². The quantitative estimate of drug-likeness (QED) is 0.556. The van der Waals surface area contributed by atoms with Crippen molar-refractivity contribution in [1.29, 1.82) is 0 Å². The van der Waals surface area contributed by atoms with Crippen LogP contribution in [0.3, 0.4) is 0 Å². The van der Waals surface area contributed by atoms with Crippen LogP contribution in [0.4, 0.5) is 11.4 Å². The van der Waals surface area contributed by atoms with Gasteiger partial charge in [0.15, 0.2) is 0 Å². The van der Waals surface area contributed by atoms with Gasteiger partial charge < -0.3 is 20.0 Å². The highest BCUT2D eigenvalue weighted by molar-refractivity contribution is 5.96. The van der Waals surface area contributed by atoms with Gasteiger partial charge in [-0.3, -0.25) is 24.7 Å². The maximum Gasteiger partial charge on any atom is 0.293 e. The first-order chi connectivity index (χ1) is 16.0. The Balaban J connectivity index is 1.50. The van der Waals surface area contributed by atoms with E-state index in [2.05, 4.69) is 10.3 Å². The summed E-state index contributed by atoms with van der Waals surface area (Å²) in [6.45, 7) is 4.87. The van der Waals surface area contributed by atoms with Gasteiger partial charge in [0, 0.05) is 69.8 Å². The standard InChI is InChI=1S/C23H28N6O4/c30-22(27-10-2-8-24-9-13-27)18-5-6-20(21(16-18)29(32)33)26-11-3-12-28(15-14-26)23(31)19-4-1-7-25-17-19/h1,4-7,16-17,24H,2-3,8-15H2. The van der Waals surface area contributed by atoms with Gasteiger partial charge in [-0.1, -0.05) is 0 Å². The average molecular weight is 453 g/mol. The van der Waals surface area contributed by atoms with Gasteiger partial charge in [-0.25, -0.2) is 0 Å². The number of carbonyl (C=O) groups is 2. The van der Waals surface area contributed by atoms with Gasteiger partial charge in [0.25, 0.3) is 17.5 Å². The molecule has 0 radical (unpaired) electrons. The Morgan fingerprint density at radius 1 is 0.909 bits per heavy atom. The van der Waals surface area contributed by atoms with Crippen molar-refractivity contribution in [3.8, 4) is 0 Å². The van der Waals surface area contributed by atoms with E-state index < -0.39 is 4.92 Å². The number of nitrogens with one attached hydrogen (secondary N) is 1. The molecule has 2 amide bonds. The molecule has 0 saturated carbocycles. The molecule has 0 unspecified atom stereocenters. The molecule has 0 spiro atoms. The van der Waals surface area contributed by atoms with Crippen LogP contribution >= 0.6 is 0 Å². The number of aromatic nitrogens is 1. The molecule has 0 aliphatic carbocycles. The number of nitro benzene ring substituents is 1. The summed E-state index contributed by atoms with van der Waals surface area (Å²) >= 11 is 0. The Morgan fingerprint density at radius 2 is 1.70 bits per heavy atom. The summed E-state index contributed by atoms with van der Waals surface area (Å²) in [4.78, 5) is 46.6. The van der Waals surface area contributed by atoms with E-state index in [1.54, 1.807) is 46.5 Å². The van der Waals surface area contributed by atoms with Crippen molar-refractivity contribution in [3.05, 3.63) is 64.0 Å². The molecule has 2 aromatic rings. The Kier molecular flexibility index (Phi) is 7.13. The van der Waals surface area contributed by atoms with E-state index in [0.717, 1.165) is 13.0 Å². The molecule has 4 rings (SSSR count). The fourth-order valence-corrected chi connectivity index (χ4v) is 4.33. The second-order valence-corrected chi connectivity index (χ2v) is 8.23. The van der Waals surface area contributed by atoms with Crippen molar-refractivity contribution in [3.63, 3.8) is 0 Å². The summed E-state index contributed by atoms with van der Waals surface area (Å²) in [5.41, 5.74) is 1.25. The molecule has 0 bridgehead atoms. The minimum Gasteiger partial charge on any atom is -0.364 e. The van der Waals surface area contributed by atoms with Crippen molar-refractivity contribution in [2.75, 3.05) is 57.3 Å². The highest BCUT2D eigenvalue weighted by atomic mass is 16.6. The van der Waals surface area contributed by atoms with E-state index in [0.29, 0.717) is 69.0 Å². The maximum atomic E-state index is 12.9. The van der Waals surface area contributed by atoms with E-state index in [1.807, 2.05) is 4.90 Å². The van der Waals surface area contributed by atoms with Gasteiger partial charge in [0.1, 0.15) is 5.69 Å². The lowest BCUT2D eigenvalue weighted by Gasteiger charge is -2.24. The molecule has 2 fully saturated rings. The summed E-state index contributed by atoms with van der Waals surface area (Å²) < 4.78 is 0. The predicted molar refractivity (Wildman–Crippen MR) is 123 cm³/mol. The molecule has 1 N–H and O–H groups in total. The van der Waals surface area contributed by atoms with Crippen LogP contribution in [0.25, 0.3) is 0 Å². The topological polar surface area (TPSA) is 112 Å². The third-order valence-corrected chi connectivity index (χ3v) is 6.08. The zero-order valence-electron chi connectivity index (χ0n) is 18.5. The summed E-state index contributed by atoms with van der Waals surface area (Å²) in [5, 5.41) is 15.1. The van der Waals surface area contributed by atoms with Gasteiger partial charge in [-0.05, 0) is 43.7 Å². The van der Waals surface area contributed by atoms with Crippen LogP contribution in [0.1, 0.15) is 33.6 Å². The Morgan fingerprint density at radius 3 is 2.48 bits per heavy atom. The average Bonchev–Trinajstić information content (AvgIpc) is 3.27. The van der Waals surface area contributed by atoms with Gasteiger partial charge in [-0.2, -0.15) is 0 Å². The van der Waals surface area contributed by atoms with Gasteiger partial charge in [0.2, 0.25) is 0 Å². The SMILES string of the molecule is O=C(c1ccc(N2CCCN(C(=O)c3cccnc3)CC2)c([N+](=O)[O-])c1)N1CCCNCC1. The fraction of sp³-hybridized carbons (Fsp3) is 0.435. The number of hydrogen-bond acceptors (Lipinski definition) is 7. The second-order valence-electron chi connectivity index (χ2n) is 8.23. The van der Waals surface area contributed by atoms with Crippen molar-refractivity contribution < 1.29 is 14.5 Å². The molecule has 2 aliphatic rings. The highest BCUT2D eigenvalue weighted by Gasteiger charge is 2.27. The zero-order valence-corrected chi connectivity index (χ0v) is 18.5. The summed E-state index contributed by atoms with van der Waals surface area (Å²) in [5.74, 6) is -0.273. The Bertz CT molecular complexity index is 1010. The van der Waals surface area contributed by atoms with Crippen LogP contribution in [0.5, 0.6) is 0 Å². The van der Waals surface area contributed by atoms with Gasteiger partial charge in [0.05, 0.1) is 10.5 Å². The van der Waals surface area contributed by atoms with Gasteiger partial charge >= 0.3 is 0 Å². The van der Waals surface area contributed by atoms with Crippen LogP contribution in [0.2, 0.25) is 0 Å². The summed E-state index contributed by atoms with van der Waals surface area (Å²) in [7, 11) is 0. The molecule has 2 saturated heterocycles. The number of rotatable bonds is 4. The highest BCUT2D eigenvalue weighted by Crippen LogP contribution is 2.31. The molecular weight excluding hydrogens is 424 g/mol. The third-order valence-electron chi connectivity index (χ3n) is 6.08. The van der Waals surface area contributed by atoms with Crippen molar-refractivity contribution >= 4 is 23.2 Å². The van der Waals surface area contributed by atoms with E-state index in [1.165, 1.54) is 6.07 Å². The molecule has 3 heterocycles. The van der Waals surface area contributed by atoms with Crippen LogP contribution < -0.4 is 10.2 Å². The monoisotopic (exact) mass is 452 g/mol. The number of carbonyl (C=O) groups excluding carboxylic acids is 2. The van der Waals surface area contributed by atoms with Crippen molar-refractivity contribution in [2.45, 2.75) is 12.8 Å². The lowest BCUT2D eigenvalue weighted by atomic mass is 10.1. The number of benzene rings is 1. The number of amides is 2. The summed E-state index contributed by atoms with van der Waals surface area (Å²) in [6.07, 6.45) is 4.71. The molecule has 1 aromatic carbocycles. The normalized spacial score (nSPS) is 17.3. The van der Waals surface area contributed by atoms with E-state index in [4.69, 9.17) is 0 Å². The zero-order chi connectivity index (χ0) is 23.2. The first kappa shape index (κ1) is 22.7. The molecule has 10 heteroatoms. The largest absolute Gasteiger partial charge is 0.364 e. The van der Waals surface area contributed by atoms with E-state index in [-0.39, 0.29) is 17.5 Å². The Labute approximate surface area is 192 Å². The Hall–Kier alpha value is -3.53. The number of pyridine rings is 1. The first-order valence-corrected chi connectivity index (χ1v) is 11.3. The smallest absolute Gasteiger partial charge is 0.293 e. The van der Waals surface area contributed by atoms with Crippen LogP contribution in [-0.2, 0) is 0 Å². The molecular formula is C23H28N6O4. The van der Waals surface area contributed by atoms with Gasteiger partial charge in [-0.15, -0.1) is 0 Å². The van der Waals surface area contributed by atoms with Crippen LogP contribution in [0.15, 0.2) is 42.7 Å². The van der Waals surface area contributed by atoms with Crippen molar-refractivity contribution in [1.82, 2.24) is 20.1 Å². The lowest BCUT2D eigenvalue weighted by Crippen LogP contribution is -2.35. The molecule has 174 valence electrons. The molecule has 10 nitrogen and oxygen atoms in total. The third kappa shape index (κ3) is 5.28. The minimum atomic E-state index is -0.431. The number of hydrogen-bond donors (Lipinski definition) is 1. The predicted octanol–water partition coefficient (Wildman–Crippen LogP) is 1.78. The number of nitro groups is 1. The minimum absolute atomic E-state index is 0.0826. The molecule has 2 aliphatic heterocycles. The molecule has 33 heavy (non-hydrogen) atoms. The molecule has 1 aromatic heterocycles. The first-order valence-electron chi connectivity index (χ1n) is 11.3. The van der Waals surface area contributed by atoms with Crippen LogP contribution in [0, 0.1) is 10.1 Å². The second kappa shape index (κ2) is 10.4. The lowest BCUT2D eigenvalue weighted by molar-refractivity contribution is -0.384. The maximum absolute atomic E-state index is 12.9. The number of nitrogens with zero attached hydrogens (tertiary/aromatic N) is 5. The van der Waals surface area contributed by atoms with Crippen molar-refractivity contribution in [2.24, 2.45) is 0 Å². The molecule has 0 atom stereocenters. The van der Waals surface area contributed by atoms with E-state index >= 15 is 0 Å².